The van der Waals surface area contributed by atoms with Gasteiger partial charge in [-0.1, -0.05) is 37.8 Å². The van der Waals surface area contributed by atoms with Crippen molar-refractivity contribution in [2.24, 2.45) is 0 Å². The number of ether oxygens (including phenoxy) is 2. The molecule has 27 heavy (non-hydrogen) atoms. The first kappa shape index (κ1) is 21.0. The number of carbonyl (C=O) groups is 1. The van der Waals surface area contributed by atoms with Gasteiger partial charge >= 0.3 is 6.09 Å². The van der Waals surface area contributed by atoms with Crippen molar-refractivity contribution in [1.29, 1.82) is 0 Å². The van der Waals surface area contributed by atoms with Gasteiger partial charge < -0.3 is 14.8 Å². The Labute approximate surface area is 163 Å². The third-order valence-corrected chi connectivity index (χ3v) is 6.38. The smallest absolute Gasteiger partial charge is 0.412 e. The summed E-state index contributed by atoms with van der Waals surface area (Å²) in [5.74, 6) is 1.46. The quantitative estimate of drug-likeness (QED) is 0.735. The molecule has 0 radical (unpaired) electrons. The van der Waals surface area contributed by atoms with Crippen LogP contribution in [0.2, 0.25) is 19.6 Å². The predicted molar refractivity (Wildman–Crippen MR) is 115 cm³/mol. The topological polar surface area (TPSA) is 47.6 Å². The molecule has 146 valence electrons. The lowest BCUT2D eigenvalue weighted by Crippen LogP contribution is -2.41. The van der Waals surface area contributed by atoms with E-state index in [0.29, 0.717) is 5.75 Å². The summed E-state index contributed by atoms with van der Waals surface area (Å²) in [4.78, 5) is 12.2. The molecule has 1 N–H and O–H groups in total. The number of methoxy groups -OCH3 is 1. The average molecular weight is 386 g/mol. The van der Waals surface area contributed by atoms with Crippen LogP contribution in [0.15, 0.2) is 30.3 Å². The normalized spacial score (nSPS) is 11.4. The van der Waals surface area contributed by atoms with Crippen LogP contribution in [0.3, 0.4) is 0 Å². The number of rotatable bonds is 5. The Kier molecular flexibility index (Phi) is 6.37. The lowest BCUT2D eigenvalue weighted by molar-refractivity contribution is 0.198. The van der Waals surface area contributed by atoms with Crippen molar-refractivity contribution < 1.29 is 14.3 Å². The molecular formula is C22H31NO3Si. The maximum Gasteiger partial charge on any atom is 0.412 e. The summed E-state index contributed by atoms with van der Waals surface area (Å²) in [6.07, 6.45) is -0.422. The van der Waals surface area contributed by atoms with E-state index in [-0.39, 0.29) is 6.04 Å². The molecule has 0 unspecified atom stereocenters. The standard InChI is InChI=1S/C22H31NO3Si/c1-14(2)23-22(24)26-18-13-17(9-10-20(18)27(6,7)8)21-16(4)11-15(3)12-19(21)25-5/h9-14H,1-8H3,(H,23,24). The first-order valence-corrected chi connectivity index (χ1v) is 12.8. The lowest BCUT2D eigenvalue weighted by atomic mass is 9.97. The number of benzene rings is 2. The molecule has 0 aliphatic heterocycles. The minimum atomic E-state index is -1.69. The SMILES string of the molecule is COc1cc(C)cc(C)c1-c1ccc([Si](C)(C)C)c(OC(=O)NC(C)C)c1. The van der Waals surface area contributed by atoms with E-state index in [4.69, 9.17) is 9.47 Å². The summed E-state index contributed by atoms with van der Waals surface area (Å²) in [6, 6.07) is 10.3. The van der Waals surface area contributed by atoms with Gasteiger partial charge in [-0.25, -0.2) is 4.79 Å². The molecule has 1 amide bonds. The average Bonchev–Trinajstić information content (AvgIpc) is 2.51. The Bertz CT molecular complexity index is 838. The van der Waals surface area contributed by atoms with Gasteiger partial charge in [-0.2, -0.15) is 0 Å². The summed E-state index contributed by atoms with van der Waals surface area (Å²) >= 11 is 0. The molecule has 5 heteroatoms. The first-order valence-electron chi connectivity index (χ1n) is 9.31. The van der Waals surface area contributed by atoms with Crippen molar-refractivity contribution >= 4 is 19.4 Å². The molecule has 0 aromatic heterocycles. The fraction of sp³-hybridized carbons (Fsp3) is 0.409. The Hall–Kier alpha value is -2.27. The maximum absolute atomic E-state index is 12.2. The van der Waals surface area contributed by atoms with Gasteiger partial charge in [0.2, 0.25) is 0 Å². The van der Waals surface area contributed by atoms with E-state index >= 15 is 0 Å². The largest absolute Gasteiger partial charge is 0.496 e. The van der Waals surface area contributed by atoms with Gasteiger partial charge in [0.15, 0.2) is 0 Å². The van der Waals surface area contributed by atoms with Gasteiger partial charge in [0.1, 0.15) is 11.5 Å². The fourth-order valence-electron chi connectivity index (χ4n) is 3.21. The van der Waals surface area contributed by atoms with Crippen molar-refractivity contribution in [3.05, 3.63) is 41.5 Å². The van der Waals surface area contributed by atoms with Crippen LogP contribution in [0.4, 0.5) is 4.79 Å². The fourth-order valence-corrected chi connectivity index (χ4v) is 4.65. The highest BCUT2D eigenvalue weighted by Crippen LogP contribution is 2.36. The summed E-state index contributed by atoms with van der Waals surface area (Å²) < 4.78 is 11.3. The van der Waals surface area contributed by atoms with Crippen LogP contribution in [-0.4, -0.2) is 27.3 Å². The maximum atomic E-state index is 12.2. The van der Waals surface area contributed by atoms with Crippen LogP contribution in [0.1, 0.15) is 25.0 Å². The van der Waals surface area contributed by atoms with E-state index in [2.05, 4.69) is 57.0 Å². The van der Waals surface area contributed by atoms with Crippen molar-refractivity contribution in [3.63, 3.8) is 0 Å². The minimum absolute atomic E-state index is 0.0236. The molecule has 0 bridgehead atoms. The van der Waals surface area contributed by atoms with Gasteiger partial charge in [0.25, 0.3) is 0 Å². The van der Waals surface area contributed by atoms with Crippen LogP contribution in [0.5, 0.6) is 11.5 Å². The second-order valence-corrected chi connectivity index (χ2v) is 13.3. The Morgan fingerprint density at radius 1 is 1.04 bits per heavy atom. The van der Waals surface area contributed by atoms with Crippen molar-refractivity contribution in [1.82, 2.24) is 5.32 Å². The van der Waals surface area contributed by atoms with Crippen LogP contribution < -0.4 is 20.0 Å². The molecule has 2 aromatic carbocycles. The third-order valence-electron chi connectivity index (χ3n) is 4.35. The Morgan fingerprint density at radius 3 is 2.26 bits per heavy atom. The highest BCUT2D eigenvalue weighted by atomic mass is 28.3. The molecule has 0 atom stereocenters. The first-order chi connectivity index (χ1) is 12.5. The van der Waals surface area contributed by atoms with E-state index in [1.165, 1.54) is 0 Å². The molecule has 0 fully saturated rings. The molecule has 2 aromatic rings. The molecule has 0 spiro atoms. The summed E-state index contributed by atoms with van der Waals surface area (Å²) in [5, 5.41) is 3.92. The zero-order chi connectivity index (χ0) is 20.4. The van der Waals surface area contributed by atoms with Crippen LogP contribution in [0, 0.1) is 13.8 Å². The molecule has 0 aliphatic rings. The second kappa shape index (κ2) is 8.17. The van der Waals surface area contributed by atoms with Crippen molar-refractivity contribution in [3.8, 4) is 22.6 Å². The van der Waals surface area contributed by atoms with Gasteiger partial charge in [-0.3, -0.25) is 0 Å². The number of aryl methyl sites for hydroxylation is 2. The van der Waals surface area contributed by atoms with E-state index < -0.39 is 14.2 Å². The highest BCUT2D eigenvalue weighted by Gasteiger charge is 2.24. The Morgan fingerprint density at radius 2 is 1.70 bits per heavy atom. The monoisotopic (exact) mass is 385 g/mol. The highest BCUT2D eigenvalue weighted by molar-refractivity contribution is 6.89. The molecule has 0 heterocycles. The van der Waals surface area contributed by atoms with Crippen molar-refractivity contribution in [2.75, 3.05) is 7.11 Å². The number of hydrogen-bond donors (Lipinski definition) is 1. The van der Waals surface area contributed by atoms with Gasteiger partial charge in [-0.15, -0.1) is 0 Å². The molecule has 2 rings (SSSR count). The zero-order valence-corrected chi connectivity index (χ0v) is 18.7. The molecule has 0 saturated carbocycles. The van der Waals surface area contributed by atoms with Gasteiger partial charge in [-0.05, 0) is 61.7 Å². The summed E-state index contributed by atoms with van der Waals surface area (Å²) in [7, 11) is -0.00704. The van der Waals surface area contributed by atoms with Crippen LogP contribution in [-0.2, 0) is 0 Å². The van der Waals surface area contributed by atoms with E-state index in [1.54, 1.807) is 7.11 Å². The molecular weight excluding hydrogens is 354 g/mol. The minimum Gasteiger partial charge on any atom is -0.496 e. The van der Waals surface area contributed by atoms with Crippen molar-refractivity contribution in [2.45, 2.75) is 53.4 Å². The summed E-state index contributed by atoms with van der Waals surface area (Å²) in [6.45, 7) is 14.7. The third kappa shape index (κ3) is 5.13. The van der Waals surface area contributed by atoms with Gasteiger partial charge in [0, 0.05) is 11.6 Å². The summed E-state index contributed by atoms with van der Waals surface area (Å²) in [5.41, 5.74) is 4.29. The lowest BCUT2D eigenvalue weighted by Gasteiger charge is -2.22. The predicted octanol–water partition coefficient (Wildman–Crippen LogP) is 5.02. The van der Waals surface area contributed by atoms with Crippen LogP contribution in [0.25, 0.3) is 11.1 Å². The van der Waals surface area contributed by atoms with Crippen LogP contribution >= 0.6 is 0 Å². The van der Waals surface area contributed by atoms with E-state index in [0.717, 1.165) is 33.2 Å². The zero-order valence-electron chi connectivity index (χ0n) is 17.7. The molecule has 0 saturated heterocycles. The molecule has 4 nitrogen and oxygen atoms in total. The molecule has 0 aliphatic carbocycles. The number of amides is 1. The number of hydrogen-bond acceptors (Lipinski definition) is 3. The second-order valence-electron chi connectivity index (χ2n) is 8.31. The number of carbonyl (C=O) groups excluding carboxylic acids is 1. The number of nitrogens with one attached hydrogen (secondary N) is 1. The Balaban J connectivity index is 2.58. The van der Waals surface area contributed by atoms with E-state index in [1.807, 2.05) is 26.0 Å². The van der Waals surface area contributed by atoms with Gasteiger partial charge in [0.05, 0.1) is 15.2 Å². The van der Waals surface area contributed by atoms with E-state index in [9.17, 15) is 4.79 Å².